The van der Waals surface area contributed by atoms with Gasteiger partial charge in [-0.05, 0) is 60.2 Å². The average Bonchev–Trinajstić information content (AvgIpc) is 3.45. The second-order valence-corrected chi connectivity index (χ2v) is 9.68. The monoisotopic (exact) mass is 478 g/mol. The van der Waals surface area contributed by atoms with Crippen LogP contribution in [0.25, 0.3) is 5.76 Å². The molecule has 2 aliphatic heterocycles. The molecule has 1 N–H and O–H groups in total. The van der Waals surface area contributed by atoms with Crippen molar-refractivity contribution in [3.63, 3.8) is 0 Å². The fourth-order valence-electron chi connectivity index (χ4n) is 4.87. The number of aliphatic hydroxyl groups is 1. The van der Waals surface area contributed by atoms with Crippen molar-refractivity contribution in [3.8, 4) is 5.75 Å². The Bertz CT molecular complexity index is 1130. The Hall–Kier alpha value is -3.32. The minimum Gasteiger partial charge on any atom is -0.507 e. The number of benzene rings is 2. The fourth-order valence-corrected chi connectivity index (χ4v) is 4.87. The summed E-state index contributed by atoms with van der Waals surface area (Å²) in [6.45, 7) is 5.03. The highest BCUT2D eigenvalue weighted by atomic mass is 16.5. The van der Waals surface area contributed by atoms with Gasteiger partial charge in [-0.1, -0.05) is 26.0 Å². The third kappa shape index (κ3) is 4.78. The van der Waals surface area contributed by atoms with Crippen molar-refractivity contribution in [1.82, 2.24) is 4.90 Å². The Labute approximate surface area is 206 Å². The molecule has 2 unspecified atom stereocenters. The number of carbonyl (C=O) groups excluding carboxylic acids is 2. The highest BCUT2D eigenvalue weighted by Crippen LogP contribution is 2.41. The van der Waals surface area contributed by atoms with E-state index in [1.54, 1.807) is 24.1 Å². The molecule has 2 aliphatic rings. The second kappa shape index (κ2) is 10.1. The Morgan fingerprint density at radius 2 is 1.89 bits per heavy atom. The van der Waals surface area contributed by atoms with Crippen LogP contribution in [0.5, 0.6) is 5.75 Å². The molecule has 0 spiro atoms. The Balaban J connectivity index is 1.83. The average molecular weight is 479 g/mol. The minimum absolute atomic E-state index is 0.102. The largest absolute Gasteiger partial charge is 0.507 e. The predicted octanol–water partition coefficient (Wildman–Crippen LogP) is 4.49. The molecule has 0 radical (unpaired) electrons. The number of likely N-dealkylation sites (tertiary alicyclic amines) is 1. The van der Waals surface area contributed by atoms with Crippen LogP contribution in [0.4, 0.5) is 5.69 Å². The van der Waals surface area contributed by atoms with Crippen LogP contribution < -0.4 is 9.64 Å². The number of hydrogen-bond acceptors (Lipinski definition) is 6. The number of methoxy groups -OCH3 is 1. The van der Waals surface area contributed by atoms with Crippen molar-refractivity contribution in [2.24, 2.45) is 0 Å². The van der Waals surface area contributed by atoms with Crippen LogP contribution in [0.2, 0.25) is 0 Å². The molecule has 2 atom stereocenters. The van der Waals surface area contributed by atoms with E-state index in [1.165, 1.54) is 0 Å². The van der Waals surface area contributed by atoms with Gasteiger partial charge in [0.1, 0.15) is 11.5 Å². The van der Waals surface area contributed by atoms with E-state index < -0.39 is 17.7 Å². The lowest BCUT2D eigenvalue weighted by Gasteiger charge is -2.28. The number of amides is 1. The molecule has 35 heavy (non-hydrogen) atoms. The summed E-state index contributed by atoms with van der Waals surface area (Å²) in [5.74, 6) is -0.602. The van der Waals surface area contributed by atoms with E-state index in [4.69, 9.17) is 9.47 Å². The van der Waals surface area contributed by atoms with Gasteiger partial charge < -0.3 is 24.4 Å². The Morgan fingerprint density at radius 3 is 2.46 bits per heavy atom. The summed E-state index contributed by atoms with van der Waals surface area (Å²) in [5, 5.41) is 11.4. The van der Waals surface area contributed by atoms with Gasteiger partial charge in [0.05, 0.1) is 24.8 Å². The van der Waals surface area contributed by atoms with Gasteiger partial charge in [-0.2, -0.15) is 0 Å². The van der Waals surface area contributed by atoms with Crippen LogP contribution >= 0.6 is 0 Å². The number of Topliss-reactive ketones (excluding diaryl/α,β-unsaturated/α-hetero) is 1. The topological polar surface area (TPSA) is 79.3 Å². The number of aliphatic hydroxyl groups excluding tert-OH is 1. The quantitative estimate of drug-likeness (QED) is 0.359. The van der Waals surface area contributed by atoms with E-state index in [2.05, 4.69) is 0 Å². The molecule has 1 amide bonds. The first-order chi connectivity index (χ1) is 16.7. The van der Waals surface area contributed by atoms with Crippen LogP contribution in [-0.4, -0.2) is 62.2 Å². The molecule has 0 aromatic heterocycles. The van der Waals surface area contributed by atoms with Crippen molar-refractivity contribution in [1.29, 1.82) is 0 Å². The van der Waals surface area contributed by atoms with Crippen LogP contribution in [0.15, 0.2) is 48.0 Å². The standard InChI is InChI=1S/C28H34N2O5/c1-17(2)22-15-19(10-13-23(22)34-5)26(31)24-25(18-8-11-20(12-9-18)29(3)4)30(28(33)27(24)32)16-21-7-6-14-35-21/h8-13,15,17,21,25,31H,6-7,14,16H2,1-5H3/b26-24-. The van der Waals surface area contributed by atoms with Crippen LogP contribution in [0, 0.1) is 0 Å². The third-order valence-electron chi connectivity index (χ3n) is 6.81. The lowest BCUT2D eigenvalue weighted by Crippen LogP contribution is -2.36. The Morgan fingerprint density at radius 1 is 1.17 bits per heavy atom. The molecule has 7 heteroatoms. The van der Waals surface area contributed by atoms with E-state index >= 15 is 0 Å². The van der Waals surface area contributed by atoms with Crippen molar-refractivity contribution >= 4 is 23.1 Å². The highest BCUT2D eigenvalue weighted by molar-refractivity contribution is 6.46. The molecular formula is C28H34N2O5. The van der Waals surface area contributed by atoms with Crippen molar-refractivity contribution in [2.45, 2.75) is 44.8 Å². The summed E-state index contributed by atoms with van der Waals surface area (Å²) in [4.78, 5) is 30.1. The number of ketones is 1. The van der Waals surface area contributed by atoms with Crippen LogP contribution in [-0.2, 0) is 14.3 Å². The molecule has 0 saturated carbocycles. The molecule has 2 heterocycles. The number of hydrogen-bond donors (Lipinski definition) is 1. The molecule has 186 valence electrons. The lowest BCUT2D eigenvalue weighted by atomic mass is 9.93. The molecule has 2 aromatic carbocycles. The van der Waals surface area contributed by atoms with Crippen molar-refractivity contribution in [3.05, 3.63) is 64.7 Å². The first kappa shape index (κ1) is 24.8. The molecule has 2 fully saturated rings. The molecule has 7 nitrogen and oxygen atoms in total. The summed E-state index contributed by atoms with van der Waals surface area (Å²) in [6.07, 6.45) is 1.65. The van der Waals surface area contributed by atoms with Crippen LogP contribution in [0.1, 0.15) is 55.3 Å². The second-order valence-electron chi connectivity index (χ2n) is 9.68. The number of rotatable bonds is 7. The van der Waals surface area contributed by atoms with Crippen molar-refractivity contribution < 1.29 is 24.2 Å². The van der Waals surface area contributed by atoms with Crippen molar-refractivity contribution in [2.75, 3.05) is 39.3 Å². The summed E-state index contributed by atoms with van der Waals surface area (Å²) >= 11 is 0. The van der Waals surface area contributed by atoms with E-state index in [1.807, 2.05) is 63.2 Å². The normalized spacial score (nSPS) is 21.7. The maximum absolute atomic E-state index is 13.3. The van der Waals surface area contributed by atoms with Gasteiger partial charge in [-0.3, -0.25) is 9.59 Å². The summed E-state index contributed by atoms with van der Waals surface area (Å²) in [6, 6.07) is 12.4. The minimum atomic E-state index is -0.694. The summed E-state index contributed by atoms with van der Waals surface area (Å²) in [7, 11) is 5.51. The van der Waals surface area contributed by atoms with E-state index in [0.29, 0.717) is 24.5 Å². The molecule has 4 rings (SSSR count). The number of anilines is 1. The van der Waals surface area contributed by atoms with E-state index in [-0.39, 0.29) is 23.4 Å². The zero-order chi connectivity index (χ0) is 25.3. The van der Waals surface area contributed by atoms with E-state index in [0.717, 1.165) is 29.7 Å². The predicted molar refractivity (Wildman–Crippen MR) is 136 cm³/mol. The number of ether oxygens (including phenoxy) is 2. The first-order valence-electron chi connectivity index (χ1n) is 12.1. The lowest BCUT2D eigenvalue weighted by molar-refractivity contribution is -0.140. The maximum Gasteiger partial charge on any atom is 0.295 e. The van der Waals surface area contributed by atoms with Gasteiger partial charge >= 0.3 is 0 Å². The zero-order valence-corrected chi connectivity index (χ0v) is 21.1. The van der Waals surface area contributed by atoms with Gasteiger partial charge in [0.15, 0.2) is 0 Å². The van der Waals surface area contributed by atoms with Gasteiger partial charge in [0, 0.05) is 38.5 Å². The number of carbonyl (C=O) groups is 2. The zero-order valence-electron chi connectivity index (χ0n) is 21.1. The van der Waals surface area contributed by atoms with Crippen LogP contribution in [0.3, 0.4) is 0 Å². The molecule has 0 aliphatic carbocycles. The first-order valence-corrected chi connectivity index (χ1v) is 12.1. The van der Waals surface area contributed by atoms with Gasteiger partial charge in [0.2, 0.25) is 0 Å². The number of nitrogens with zero attached hydrogens (tertiary/aromatic N) is 2. The smallest absolute Gasteiger partial charge is 0.295 e. The fraction of sp³-hybridized carbons (Fsp3) is 0.429. The molecular weight excluding hydrogens is 444 g/mol. The van der Waals surface area contributed by atoms with Gasteiger partial charge in [-0.15, -0.1) is 0 Å². The molecule has 2 saturated heterocycles. The van der Waals surface area contributed by atoms with Gasteiger partial charge in [0.25, 0.3) is 11.7 Å². The Kier molecular flexibility index (Phi) is 7.17. The SMILES string of the molecule is COc1ccc(/C(O)=C2/C(=O)C(=O)N(CC3CCCO3)C2c2ccc(N(C)C)cc2)cc1C(C)C. The summed E-state index contributed by atoms with van der Waals surface area (Å²) < 4.78 is 11.2. The van der Waals surface area contributed by atoms with E-state index in [9.17, 15) is 14.7 Å². The molecule has 0 bridgehead atoms. The molecule has 2 aromatic rings. The highest BCUT2D eigenvalue weighted by Gasteiger charge is 2.47. The summed E-state index contributed by atoms with van der Waals surface area (Å²) in [5.41, 5.74) is 3.27. The third-order valence-corrected chi connectivity index (χ3v) is 6.81. The maximum atomic E-state index is 13.3. The van der Waals surface area contributed by atoms with Gasteiger partial charge in [-0.25, -0.2) is 0 Å².